The Morgan fingerprint density at radius 2 is 1.59 bits per heavy atom. The summed E-state index contributed by atoms with van der Waals surface area (Å²) in [5.74, 6) is 0. The Kier molecular flexibility index (Phi) is 3.18. The minimum atomic E-state index is 0.151. The second-order valence-electron chi connectivity index (χ2n) is 4.83. The molecule has 0 unspecified atom stereocenters. The van der Waals surface area contributed by atoms with Crippen molar-refractivity contribution in [2.75, 3.05) is 0 Å². The largest absolute Gasteiger partial charge is 0.264 e. The molecule has 0 aliphatic rings. The fraction of sp³-hybridized carbons (Fsp3) is 0.357. The Balaban J connectivity index is 2.42. The third-order valence-electron chi connectivity index (χ3n) is 3.30. The van der Waals surface area contributed by atoms with E-state index < -0.39 is 0 Å². The van der Waals surface area contributed by atoms with Crippen LogP contribution in [0.25, 0.3) is 11.1 Å². The van der Waals surface area contributed by atoms with E-state index in [1.54, 1.807) is 0 Å². The van der Waals surface area contributed by atoms with E-state index in [4.69, 9.17) is 0 Å². The Hall–Kier alpha value is -1.77. The first kappa shape index (κ1) is 11.7. The molecule has 0 fully saturated rings. The predicted octanol–water partition coefficient (Wildman–Crippen LogP) is 3.23. The number of aromatic nitrogens is 3. The second kappa shape index (κ2) is 4.62. The van der Waals surface area contributed by atoms with Crippen LogP contribution in [-0.2, 0) is 5.41 Å². The van der Waals surface area contributed by atoms with E-state index in [9.17, 15) is 0 Å². The molecule has 3 nitrogen and oxygen atoms in total. The summed E-state index contributed by atoms with van der Waals surface area (Å²) in [7, 11) is 0. The van der Waals surface area contributed by atoms with Crippen molar-refractivity contribution in [3.05, 3.63) is 42.7 Å². The molecule has 2 aromatic rings. The smallest absolute Gasteiger partial charge is 0.115 e. The van der Waals surface area contributed by atoms with Crippen molar-refractivity contribution in [2.24, 2.45) is 0 Å². The molecule has 0 radical (unpaired) electrons. The molecule has 0 bridgehead atoms. The first-order chi connectivity index (χ1) is 8.13. The molecule has 0 N–H and O–H groups in total. The van der Waals surface area contributed by atoms with Crippen molar-refractivity contribution in [3.63, 3.8) is 0 Å². The molecule has 2 rings (SSSR count). The van der Waals surface area contributed by atoms with E-state index in [-0.39, 0.29) is 5.41 Å². The molecular weight excluding hydrogens is 210 g/mol. The molecule has 3 heteroatoms. The lowest BCUT2D eigenvalue weighted by atomic mass is 9.82. The van der Waals surface area contributed by atoms with Crippen LogP contribution in [0.2, 0.25) is 0 Å². The maximum Gasteiger partial charge on any atom is 0.115 e. The van der Waals surface area contributed by atoms with Gasteiger partial charge in [0.2, 0.25) is 0 Å². The van der Waals surface area contributed by atoms with E-state index in [0.29, 0.717) is 0 Å². The zero-order valence-electron chi connectivity index (χ0n) is 10.5. The van der Waals surface area contributed by atoms with Gasteiger partial charge in [-0.1, -0.05) is 20.8 Å². The maximum atomic E-state index is 4.32. The molecule has 2 aromatic heterocycles. The van der Waals surface area contributed by atoms with Crippen molar-refractivity contribution < 1.29 is 0 Å². The summed E-state index contributed by atoms with van der Waals surface area (Å²) in [6, 6.07) is 2.18. The molecule has 0 saturated heterocycles. The van der Waals surface area contributed by atoms with Gasteiger partial charge in [0.1, 0.15) is 6.33 Å². The summed E-state index contributed by atoms with van der Waals surface area (Å²) in [6.45, 7) is 6.66. The first-order valence-electron chi connectivity index (χ1n) is 5.84. The fourth-order valence-corrected chi connectivity index (χ4v) is 1.62. The molecule has 88 valence electrons. The Bertz CT molecular complexity index is 492. The lowest BCUT2D eigenvalue weighted by Crippen LogP contribution is -2.15. The highest BCUT2D eigenvalue weighted by Crippen LogP contribution is 2.28. The van der Waals surface area contributed by atoms with Crippen molar-refractivity contribution in [2.45, 2.75) is 32.6 Å². The molecule has 0 amide bonds. The van der Waals surface area contributed by atoms with Gasteiger partial charge in [-0.05, 0) is 23.5 Å². The zero-order chi connectivity index (χ0) is 12.3. The summed E-state index contributed by atoms with van der Waals surface area (Å²) < 4.78 is 0. The highest BCUT2D eigenvalue weighted by atomic mass is 14.8. The van der Waals surface area contributed by atoms with Crippen LogP contribution in [0.3, 0.4) is 0 Å². The third kappa shape index (κ3) is 2.49. The molecule has 2 heterocycles. The quantitative estimate of drug-likeness (QED) is 0.808. The van der Waals surface area contributed by atoms with E-state index in [2.05, 4.69) is 41.8 Å². The van der Waals surface area contributed by atoms with Crippen molar-refractivity contribution in [1.29, 1.82) is 0 Å². The first-order valence-corrected chi connectivity index (χ1v) is 5.84. The van der Waals surface area contributed by atoms with Crippen LogP contribution >= 0.6 is 0 Å². The standard InChI is InChI=1S/C14H17N3/c1-4-14(2,3)13-5-11(6-15-9-13)12-7-16-10-17-8-12/h5-10H,4H2,1-3H3. The summed E-state index contributed by atoms with van der Waals surface area (Å²) >= 11 is 0. The highest BCUT2D eigenvalue weighted by Gasteiger charge is 2.18. The predicted molar refractivity (Wildman–Crippen MR) is 68.6 cm³/mol. The number of nitrogens with zero attached hydrogens (tertiary/aromatic N) is 3. The lowest BCUT2D eigenvalue weighted by Gasteiger charge is -2.23. The third-order valence-corrected chi connectivity index (χ3v) is 3.30. The van der Waals surface area contributed by atoms with Crippen LogP contribution < -0.4 is 0 Å². The van der Waals surface area contributed by atoms with Gasteiger partial charge in [-0.2, -0.15) is 0 Å². The van der Waals surface area contributed by atoms with Gasteiger partial charge in [-0.3, -0.25) is 4.98 Å². The van der Waals surface area contributed by atoms with E-state index in [1.165, 1.54) is 11.9 Å². The van der Waals surface area contributed by atoms with Crippen LogP contribution in [0, 0.1) is 0 Å². The van der Waals surface area contributed by atoms with Crippen LogP contribution in [-0.4, -0.2) is 15.0 Å². The summed E-state index contributed by atoms with van der Waals surface area (Å²) in [6.07, 6.45) is 10.0. The molecule has 0 atom stereocenters. The summed E-state index contributed by atoms with van der Waals surface area (Å²) in [5, 5.41) is 0. The van der Waals surface area contributed by atoms with Crippen molar-refractivity contribution in [3.8, 4) is 11.1 Å². The van der Waals surface area contributed by atoms with Gasteiger partial charge in [-0.25, -0.2) is 9.97 Å². The van der Waals surface area contributed by atoms with Gasteiger partial charge >= 0.3 is 0 Å². The monoisotopic (exact) mass is 227 g/mol. The number of rotatable bonds is 3. The zero-order valence-corrected chi connectivity index (χ0v) is 10.5. The minimum absolute atomic E-state index is 0.151. The van der Waals surface area contributed by atoms with Crippen molar-refractivity contribution in [1.82, 2.24) is 15.0 Å². The molecule has 0 saturated carbocycles. The van der Waals surface area contributed by atoms with Gasteiger partial charge in [-0.15, -0.1) is 0 Å². The maximum absolute atomic E-state index is 4.32. The Morgan fingerprint density at radius 1 is 0.941 bits per heavy atom. The van der Waals surface area contributed by atoms with Crippen LogP contribution in [0.4, 0.5) is 0 Å². The molecular formula is C14H17N3. The van der Waals surface area contributed by atoms with Gasteiger partial charge in [0.05, 0.1) is 0 Å². The van der Waals surface area contributed by atoms with Gasteiger partial charge in [0.25, 0.3) is 0 Å². The molecule has 0 aliphatic heterocycles. The minimum Gasteiger partial charge on any atom is -0.264 e. The lowest BCUT2D eigenvalue weighted by molar-refractivity contribution is 0.504. The Morgan fingerprint density at radius 3 is 2.24 bits per heavy atom. The average molecular weight is 227 g/mol. The number of hydrogen-bond acceptors (Lipinski definition) is 3. The fourth-order valence-electron chi connectivity index (χ4n) is 1.62. The molecule has 0 aliphatic carbocycles. The number of pyridine rings is 1. The van der Waals surface area contributed by atoms with Crippen LogP contribution in [0.1, 0.15) is 32.8 Å². The molecule has 0 aromatic carbocycles. The number of hydrogen-bond donors (Lipinski definition) is 0. The SMILES string of the molecule is CCC(C)(C)c1cncc(-c2cncnc2)c1. The van der Waals surface area contributed by atoms with E-state index in [1.807, 2.05) is 24.8 Å². The average Bonchev–Trinajstić information content (AvgIpc) is 2.40. The Labute approximate surface area is 102 Å². The van der Waals surface area contributed by atoms with Crippen LogP contribution in [0.5, 0.6) is 0 Å². The highest BCUT2D eigenvalue weighted by molar-refractivity contribution is 5.61. The summed E-state index contributed by atoms with van der Waals surface area (Å²) in [4.78, 5) is 12.4. The van der Waals surface area contributed by atoms with E-state index in [0.717, 1.165) is 17.5 Å². The van der Waals surface area contributed by atoms with E-state index >= 15 is 0 Å². The van der Waals surface area contributed by atoms with Gasteiger partial charge in [0, 0.05) is 35.9 Å². The molecule has 0 spiro atoms. The summed E-state index contributed by atoms with van der Waals surface area (Å²) in [5.41, 5.74) is 3.48. The normalized spacial score (nSPS) is 11.5. The van der Waals surface area contributed by atoms with Gasteiger partial charge in [0.15, 0.2) is 0 Å². The topological polar surface area (TPSA) is 38.7 Å². The molecule has 17 heavy (non-hydrogen) atoms. The van der Waals surface area contributed by atoms with Crippen molar-refractivity contribution >= 4 is 0 Å². The second-order valence-corrected chi connectivity index (χ2v) is 4.83. The van der Waals surface area contributed by atoms with Crippen LogP contribution in [0.15, 0.2) is 37.2 Å². The van der Waals surface area contributed by atoms with Gasteiger partial charge < -0.3 is 0 Å².